The fourth-order valence-electron chi connectivity index (χ4n) is 4.23. The number of ether oxygens (including phenoxy) is 3. The highest BCUT2D eigenvalue weighted by atomic mass is 16.5. The van der Waals surface area contributed by atoms with E-state index in [4.69, 9.17) is 14.2 Å². The van der Waals surface area contributed by atoms with E-state index in [1.807, 2.05) is 18.2 Å². The molecular formula is C23H37N3O5. The van der Waals surface area contributed by atoms with Crippen molar-refractivity contribution in [2.45, 2.75) is 25.5 Å². The number of rotatable bonds is 9. The van der Waals surface area contributed by atoms with Gasteiger partial charge in [-0.2, -0.15) is 0 Å². The third-order valence-corrected chi connectivity index (χ3v) is 6.29. The van der Waals surface area contributed by atoms with E-state index in [9.17, 15) is 9.90 Å². The largest absolute Gasteiger partial charge is 0.497 e. The van der Waals surface area contributed by atoms with Crippen LogP contribution < -0.4 is 9.47 Å². The summed E-state index contributed by atoms with van der Waals surface area (Å²) in [6.07, 6.45) is 1.07. The molecule has 31 heavy (non-hydrogen) atoms. The maximum atomic E-state index is 11.8. The van der Waals surface area contributed by atoms with Crippen LogP contribution in [0.3, 0.4) is 0 Å². The van der Waals surface area contributed by atoms with Crippen LogP contribution in [0.4, 0.5) is 0 Å². The van der Waals surface area contributed by atoms with Crippen molar-refractivity contribution in [1.29, 1.82) is 0 Å². The summed E-state index contributed by atoms with van der Waals surface area (Å²) in [7, 11) is 5.21. The number of β-amino-alcohol motifs (C(OH)–C–C–N with tert-alkyl or cyclic N) is 1. The Morgan fingerprint density at radius 2 is 1.81 bits per heavy atom. The molecule has 1 aromatic rings. The lowest BCUT2D eigenvalue weighted by Crippen LogP contribution is -2.47. The Hall–Kier alpha value is -1.87. The lowest BCUT2D eigenvalue weighted by molar-refractivity contribution is -0.147. The molecule has 2 aliphatic rings. The Labute approximate surface area is 185 Å². The Bertz CT molecular complexity index is 700. The van der Waals surface area contributed by atoms with E-state index in [2.05, 4.69) is 21.7 Å². The molecule has 1 aromatic carbocycles. The molecule has 8 heteroatoms. The summed E-state index contributed by atoms with van der Waals surface area (Å²) in [6.45, 7) is 7.29. The topological polar surface area (TPSA) is 74.7 Å². The monoisotopic (exact) mass is 435 g/mol. The van der Waals surface area contributed by atoms with Gasteiger partial charge in [-0.3, -0.25) is 14.6 Å². The summed E-state index contributed by atoms with van der Waals surface area (Å²) < 4.78 is 16.3. The van der Waals surface area contributed by atoms with E-state index in [1.54, 1.807) is 7.11 Å². The Morgan fingerprint density at radius 1 is 1.10 bits per heavy atom. The highest BCUT2D eigenvalue weighted by Gasteiger charge is 2.26. The van der Waals surface area contributed by atoms with Gasteiger partial charge >= 0.3 is 5.97 Å². The smallest absolute Gasteiger partial charge is 0.308 e. The molecule has 0 aliphatic carbocycles. The number of aliphatic hydroxyl groups is 1. The standard InChI is InChI=1S/C23H37N3O5/c1-24-10-12-26(13-11-24)16-20(27)17-31-22-14-21(29-2)5-4-19(22)15-25-8-6-18(7-9-25)23(28)30-3/h4-5,14,18,20,27H,6-13,15-17H2,1-3H3. The van der Waals surface area contributed by atoms with Gasteiger partial charge in [0.15, 0.2) is 0 Å². The fraction of sp³-hybridized carbons (Fsp3) is 0.696. The average Bonchev–Trinajstić information content (AvgIpc) is 2.80. The number of likely N-dealkylation sites (tertiary alicyclic amines) is 1. The van der Waals surface area contributed by atoms with E-state index < -0.39 is 6.10 Å². The number of carbonyl (C=O) groups excluding carboxylic acids is 1. The first-order valence-corrected chi connectivity index (χ1v) is 11.2. The summed E-state index contributed by atoms with van der Waals surface area (Å²) in [6, 6.07) is 5.84. The van der Waals surface area contributed by atoms with Crippen LogP contribution in [-0.2, 0) is 16.1 Å². The molecule has 174 valence electrons. The molecule has 1 unspecified atom stereocenters. The second-order valence-electron chi connectivity index (χ2n) is 8.62. The number of piperazine rings is 1. The molecule has 3 rings (SSSR count). The van der Waals surface area contributed by atoms with Gasteiger partial charge in [0.1, 0.15) is 24.2 Å². The molecule has 2 aliphatic heterocycles. The number of esters is 1. The minimum Gasteiger partial charge on any atom is -0.497 e. The predicted octanol–water partition coefficient (Wildman–Crippen LogP) is 1.07. The highest BCUT2D eigenvalue weighted by Crippen LogP contribution is 2.28. The summed E-state index contributed by atoms with van der Waals surface area (Å²) >= 11 is 0. The molecule has 0 radical (unpaired) electrons. The molecule has 2 saturated heterocycles. The van der Waals surface area contributed by atoms with Crippen LogP contribution in [0, 0.1) is 5.92 Å². The second-order valence-corrected chi connectivity index (χ2v) is 8.62. The fourth-order valence-corrected chi connectivity index (χ4v) is 4.23. The maximum absolute atomic E-state index is 11.8. The third kappa shape index (κ3) is 7.07. The number of benzene rings is 1. The molecule has 0 bridgehead atoms. The quantitative estimate of drug-likeness (QED) is 0.578. The summed E-state index contributed by atoms with van der Waals surface area (Å²) in [4.78, 5) is 18.7. The van der Waals surface area contributed by atoms with E-state index >= 15 is 0 Å². The Kier molecular flexibility index (Phi) is 8.95. The van der Waals surface area contributed by atoms with Crippen LogP contribution in [0.2, 0.25) is 0 Å². The van der Waals surface area contributed by atoms with Gasteiger partial charge < -0.3 is 24.2 Å². The molecule has 0 saturated carbocycles. The number of hydrogen-bond acceptors (Lipinski definition) is 8. The van der Waals surface area contributed by atoms with Crippen molar-refractivity contribution in [1.82, 2.24) is 14.7 Å². The van der Waals surface area contributed by atoms with Crippen LogP contribution in [0.15, 0.2) is 18.2 Å². The van der Waals surface area contributed by atoms with Crippen molar-refractivity contribution in [3.8, 4) is 11.5 Å². The first-order valence-electron chi connectivity index (χ1n) is 11.2. The zero-order chi connectivity index (χ0) is 22.2. The number of hydrogen-bond donors (Lipinski definition) is 1. The number of likely N-dealkylation sites (N-methyl/N-ethyl adjacent to an activating group) is 1. The highest BCUT2D eigenvalue weighted by molar-refractivity contribution is 5.72. The molecule has 8 nitrogen and oxygen atoms in total. The minimum atomic E-state index is -0.543. The van der Waals surface area contributed by atoms with Crippen molar-refractivity contribution >= 4 is 5.97 Å². The van der Waals surface area contributed by atoms with Crippen molar-refractivity contribution in [2.75, 3.05) is 73.7 Å². The van der Waals surface area contributed by atoms with Gasteiger partial charge in [-0.1, -0.05) is 6.07 Å². The van der Waals surface area contributed by atoms with Crippen molar-refractivity contribution in [2.24, 2.45) is 5.92 Å². The van der Waals surface area contributed by atoms with E-state index in [1.165, 1.54) is 7.11 Å². The van der Waals surface area contributed by atoms with Crippen LogP contribution >= 0.6 is 0 Å². The van der Waals surface area contributed by atoms with Crippen LogP contribution in [0.1, 0.15) is 18.4 Å². The number of nitrogens with zero attached hydrogens (tertiary/aromatic N) is 3. The van der Waals surface area contributed by atoms with Gasteiger partial charge in [-0.15, -0.1) is 0 Å². The van der Waals surface area contributed by atoms with Gasteiger partial charge in [0, 0.05) is 50.9 Å². The van der Waals surface area contributed by atoms with Gasteiger partial charge in [-0.05, 0) is 39.0 Å². The summed E-state index contributed by atoms with van der Waals surface area (Å²) in [5.41, 5.74) is 1.06. The maximum Gasteiger partial charge on any atom is 0.308 e. The van der Waals surface area contributed by atoms with Gasteiger partial charge in [0.05, 0.1) is 20.1 Å². The predicted molar refractivity (Wildman–Crippen MR) is 118 cm³/mol. The first kappa shape index (κ1) is 23.8. The normalized spacial score (nSPS) is 20.4. The lowest BCUT2D eigenvalue weighted by atomic mass is 9.96. The zero-order valence-corrected chi connectivity index (χ0v) is 19.1. The molecule has 0 amide bonds. The third-order valence-electron chi connectivity index (χ3n) is 6.29. The number of aliphatic hydroxyl groups excluding tert-OH is 1. The van der Waals surface area contributed by atoms with Crippen LogP contribution in [0.25, 0.3) is 0 Å². The molecule has 0 spiro atoms. The summed E-state index contributed by atoms with van der Waals surface area (Å²) in [5, 5.41) is 10.5. The minimum absolute atomic E-state index is 0.00226. The van der Waals surface area contributed by atoms with Gasteiger partial charge in [0.25, 0.3) is 0 Å². The molecule has 1 atom stereocenters. The van der Waals surface area contributed by atoms with Crippen molar-refractivity contribution in [3.05, 3.63) is 23.8 Å². The number of piperidine rings is 1. The van der Waals surface area contributed by atoms with Gasteiger partial charge in [-0.25, -0.2) is 0 Å². The van der Waals surface area contributed by atoms with Crippen molar-refractivity contribution < 1.29 is 24.1 Å². The van der Waals surface area contributed by atoms with Gasteiger partial charge in [0.2, 0.25) is 0 Å². The van der Waals surface area contributed by atoms with Crippen molar-refractivity contribution in [3.63, 3.8) is 0 Å². The molecule has 2 fully saturated rings. The molecular weight excluding hydrogens is 398 g/mol. The Balaban J connectivity index is 1.54. The molecule has 0 aromatic heterocycles. The lowest BCUT2D eigenvalue weighted by Gasteiger charge is -2.33. The number of methoxy groups -OCH3 is 2. The molecule has 2 heterocycles. The van der Waals surface area contributed by atoms with E-state index in [0.29, 0.717) is 6.54 Å². The van der Waals surface area contributed by atoms with Crippen LogP contribution in [-0.4, -0.2) is 106 Å². The zero-order valence-electron chi connectivity index (χ0n) is 19.1. The van der Waals surface area contributed by atoms with Crippen LogP contribution in [0.5, 0.6) is 11.5 Å². The second kappa shape index (κ2) is 11.7. The average molecular weight is 436 g/mol. The SMILES string of the molecule is COC(=O)C1CCN(Cc2ccc(OC)cc2OCC(O)CN2CCN(C)CC2)CC1. The summed E-state index contributed by atoms with van der Waals surface area (Å²) in [5.74, 6) is 1.36. The first-order chi connectivity index (χ1) is 15.0. The number of carbonyl (C=O) groups is 1. The van der Waals surface area contributed by atoms with E-state index in [-0.39, 0.29) is 18.5 Å². The van der Waals surface area contributed by atoms with E-state index in [0.717, 1.165) is 75.7 Å². The Morgan fingerprint density at radius 3 is 2.45 bits per heavy atom. The molecule has 1 N–H and O–H groups in total.